The molecule has 0 radical (unpaired) electrons. The van der Waals surface area contributed by atoms with Crippen LogP contribution in [0.1, 0.15) is 37.3 Å². The Hall–Kier alpha value is -2.70. The molecular formula is C18H23N3O4. The zero-order chi connectivity index (χ0) is 17.8. The van der Waals surface area contributed by atoms with Crippen molar-refractivity contribution in [2.75, 3.05) is 26.1 Å². The van der Waals surface area contributed by atoms with Crippen molar-refractivity contribution in [3.05, 3.63) is 35.7 Å². The van der Waals surface area contributed by atoms with Gasteiger partial charge in [-0.2, -0.15) is 0 Å². The highest BCUT2D eigenvalue weighted by Crippen LogP contribution is 2.33. The lowest BCUT2D eigenvalue weighted by Gasteiger charge is -2.23. The van der Waals surface area contributed by atoms with Gasteiger partial charge in [0.2, 0.25) is 0 Å². The van der Waals surface area contributed by atoms with Gasteiger partial charge in [-0.1, -0.05) is 12.1 Å². The number of hydrogen-bond acceptors (Lipinski definition) is 5. The number of amides is 2. The first-order valence-electron chi connectivity index (χ1n) is 8.40. The van der Waals surface area contributed by atoms with Crippen LogP contribution in [0.2, 0.25) is 0 Å². The first-order chi connectivity index (χ1) is 12.1. The van der Waals surface area contributed by atoms with Gasteiger partial charge in [0.15, 0.2) is 5.76 Å². The van der Waals surface area contributed by atoms with Crippen molar-refractivity contribution in [3.8, 4) is 11.5 Å². The second-order valence-electron chi connectivity index (χ2n) is 5.96. The zero-order valence-corrected chi connectivity index (χ0v) is 14.7. The van der Waals surface area contributed by atoms with Crippen molar-refractivity contribution in [1.29, 1.82) is 0 Å². The van der Waals surface area contributed by atoms with Gasteiger partial charge in [0.25, 0.3) is 0 Å². The van der Waals surface area contributed by atoms with E-state index in [1.807, 2.05) is 13.0 Å². The Morgan fingerprint density at radius 2 is 2.00 bits per heavy atom. The van der Waals surface area contributed by atoms with Crippen molar-refractivity contribution in [1.82, 2.24) is 10.1 Å². The second kappa shape index (κ2) is 7.46. The van der Waals surface area contributed by atoms with Gasteiger partial charge < -0.3 is 24.2 Å². The van der Waals surface area contributed by atoms with Crippen molar-refractivity contribution < 1.29 is 18.8 Å². The Kier molecular flexibility index (Phi) is 5.11. The highest BCUT2D eigenvalue weighted by atomic mass is 16.5. The smallest absolute Gasteiger partial charge is 0.322 e. The first-order valence-corrected chi connectivity index (χ1v) is 8.40. The monoisotopic (exact) mass is 345 g/mol. The molecule has 1 aliphatic rings. The van der Waals surface area contributed by atoms with Gasteiger partial charge >= 0.3 is 6.03 Å². The Labute approximate surface area is 146 Å². The second-order valence-corrected chi connectivity index (χ2v) is 5.96. The summed E-state index contributed by atoms with van der Waals surface area (Å²) in [6.45, 7) is 2.71. The molecule has 0 saturated carbocycles. The lowest BCUT2D eigenvalue weighted by Crippen LogP contribution is -2.34. The standard InChI is InChI=1S/C18H23N3O4/c1-4-12-10-17(25-20-12)16-6-5-7-21(16)18(22)19-13-8-14(23-2)11-15(9-13)24-3/h8-11,16H,4-7H2,1-3H3,(H,19,22). The molecule has 25 heavy (non-hydrogen) atoms. The fourth-order valence-corrected chi connectivity index (χ4v) is 3.03. The van der Waals surface area contributed by atoms with E-state index in [2.05, 4.69) is 10.5 Å². The molecular weight excluding hydrogens is 322 g/mol. The van der Waals surface area contributed by atoms with E-state index < -0.39 is 0 Å². The minimum absolute atomic E-state index is 0.0831. The predicted octanol–water partition coefficient (Wildman–Crippen LogP) is 3.62. The number of nitrogens with zero attached hydrogens (tertiary/aromatic N) is 2. The van der Waals surface area contributed by atoms with Crippen LogP contribution in [-0.2, 0) is 6.42 Å². The van der Waals surface area contributed by atoms with Gasteiger partial charge in [0.05, 0.1) is 26.0 Å². The maximum atomic E-state index is 12.7. The predicted molar refractivity (Wildman–Crippen MR) is 93.1 cm³/mol. The molecule has 1 saturated heterocycles. The van der Waals surface area contributed by atoms with E-state index in [9.17, 15) is 4.79 Å². The average Bonchev–Trinajstić information content (AvgIpc) is 3.29. The number of hydrogen-bond donors (Lipinski definition) is 1. The van der Waals surface area contributed by atoms with E-state index in [0.717, 1.165) is 30.7 Å². The molecule has 1 aliphatic heterocycles. The summed E-state index contributed by atoms with van der Waals surface area (Å²) in [5.41, 5.74) is 1.53. The van der Waals surface area contributed by atoms with Gasteiger partial charge in [-0.25, -0.2) is 4.79 Å². The third-order valence-electron chi connectivity index (χ3n) is 4.38. The van der Waals surface area contributed by atoms with Gasteiger partial charge in [-0.3, -0.25) is 0 Å². The summed E-state index contributed by atoms with van der Waals surface area (Å²) in [4.78, 5) is 14.5. The van der Waals surface area contributed by atoms with Crippen molar-refractivity contribution >= 4 is 11.7 Å². The van der Waals surface area contributed by atoms with Crippen molar-refractivity contribution in [2.45, 2.75) is 32.2 Å². The summed E-state index contributed by atoms with van der Waals surface area (Å²) < 4.78 is 15.9. The Bertz CT molecular complexity index is 721. The Balaban J connectivity index is 1.76. The topological polar surface area (TPSA) is 76.8 Å². The molecule has 7 heteroatoms. The summed E-state index contributed by atoms with van der Waals surface area (Å²) in [5.74, 6) is 1.98. The quantitative estimate of drug-likeness (QED) is 0.895. The van der Waals surface area contributed by atoms with E-state index in [-0.39, 0.29) is 12.1 Å². The molecule has 1 aromatic heterocycles. The number of anilines is 1. The number of carbonyl (C=O) groups excluding carboxylic acids is 1. The molecule has 0 aliphatic carbocycles. The molecule has 1 aromatic carbocycles. The van der Waals surface area contributed by atoms with Gasteiger partial charge in [0, 0.05) is 36.5 Å². The van der Waals surface area contributed by atoms with Crippen LogP contribution in [0.3, 0.4) is 0 Å². The highest BCUT2D eigenvalue weighted by molar-refractivity contribution is 5.90. The largest absolute Gasteiger partial charge is 0.497 e. The molecule has 2 aromatic rings. The van der Waals surface area contributed by atoms with Crippen LogP contribution in [0.15, 0.2) is 28.8 Å². The summed E-state index contributed by atoms with van der Waals surface area (Å²) in [5, 5.41) is 6.95. The number of ether oxygens (including phenoxy) is 2. The minimum atomic E-state index is -0.174. The van der Waals surface area contributed by atoms with Crippen LogP contribution in [0, 0.1) is 0 Å². The summed E-state index contributed by atoms with van der Waals surface area (Å²) in [7, 11) is 3.15. The highest BCUT2D eigenvalue weighted by Gasteiger charge is 2.33. The van der Waals surface area contributed by atoms with E-state index >= 15 is 0 Å². The number of likely N-dealkylation sites (tertiary alicyclic amines) is 1. The fraction of sp³-hybridized carbons (Fsp3) is 0.444. The Morgan fingerprint density at radius 1 is 1.28 bits per heavy atom. The van der Waals surface area contributed by atoms with Crippen LogP contribution in [-0.4, -0.2) is 36.9 Å². The van der Waals surface area contributed by atoms with E-state index in [0.29, 0.717) is 23.7 Å². The number of carbonyl (C=O) groups is 1. The Morgan fingerprint density at radius 3 is 2.60 bits per heavy atom. The third kappa shape index (κ3) is 3.70. The normalized spacial score (nSPS) is 16.8. The van der Waals surface area contributed by atoms with Crippen LogP contribution >= 0.6 is 0 Å². The molecule has 1 atom stereocenters. The number of aryl methyl sites for hydroxylation is 1. The van der Waals surface area contributed by atoms with Crippen molar-refractivity contribution in [2.24, 2.45) is 0 Å². The molecule has 1 fully saturated rings. The number of methoxy groups -OCH3 is 2. The van der Waals surface area contributed by atoms with Gasteiger partial charge in [0.1, 0.15) is 11.5 Å². The third-order valence-corrected chi connectivity index (χ3v) is 4.38. The van der Waals surface area contributed by atoms with Crippen LogP contribution < -0.4 is 14.8 Å². The minimum Gasteiger partial charge on any atom is -0.497 e. The van der Waals surface area contributed by atoms with E-state index in [1.165, 1.54) is 0 Å². The molecule has 1 unspecified atom stereocenters. The summed E-state index contributed by atoms with van der Waals surface area (Å²) >= 11 is 0. The van der Waals surface area contributed by atoms with E-state index in [1.54, 1.807) is 37.3 Å². The lowest BCUT2D eigenvalue weighted by atomic mass is 10.1. The summed E-state index contributed by atoms with van der Waals surface area (Å²) in [6, 6.07) is 6.96. The maximum Gasteiger partial charge on any atom is 0.322 e. The van der Waals surface area contributed by atoms with E-state index in [4.69, 9.17) is 14.0 Å². The van der Waals surface area contributed by atoms with Crippen molar-refractivity contribution in [3.63, 3.8) is 0 Å². The summed E-state index contributed by atoms with van der Waals surface area (Å²) in [6.07, 6.45) is 2.61. The molecule has 134 valence electrons. The maximum absolute atomic E-state index is 12.7. The van der Waals surface area contributed by atoms with Crippen LogP contribution in [0.4, 0.5) is 10.5 Å². The number of benzene rings is 1. The molecule has 1 N–H and O–H groups in total. The molecule has 3 rings (SSSR count). The SMILES string of the molecule is CCc1cc(C2CCCN2C(=O)Nc2cc(OC)cc(OC)c2)on1. The lowest BCUT2D eigenvalue weighted by molar-refractivity contribution is 0.195. The molecule has 7 nitrogen and oxygen atoms in total. The van der Waals surface area contributed by atoms with Gasteiger partial charge in [-0.15, -0.1) is 0 Å². The number of nitrogens with one attached hydrogen (secondary N) is 1. The zero-order valence-electron chi connectivity index (χ0n) is 14.7. The van der Waals surface area contributed by atoms with Crippen LogP contribution in [0.25, 0.3) is 0 Å². The van der Waals surface area contributed by atoms with Gasteiger partial charge in [-0.05, 0) is 19.3 Å². The average molecular weight is 345 g/mol. The number of urea groups is 1. The first kappa shape index (κ1) is 17.1. The number of rotatable bonds is 5. The number of aromatic nitrogens is 1. The molecule has 2 heterocycles. The fourth-order valence-electron chi connectivity index (χ4n) is 3.03. The molecule has 2 amide bonds. The van der Waals surface area contributed by atoms with Crippen LogP contribution in [0.5, 0.6) is 11.5 Å². The molecule has 0 spiro atoms. The molecule has 0 bridgehead atoms.